The molecule has 3 rings (SSSR count). The monoisotopic (exact) mass is 565 g/mol. The molecule has 40 heavy (non-hydrogen) atoms. The molecule has 1 aliphatic carbocycles. The van der Waals surface area contributed by atoms with E-state index in [2.05, 4.69) is 5.32 Å². The molecule has 4 nitrogen and oxygen atoms in total. The second-order valence-electron chi connectivity index (χ2n) is 9.64. The fourth-order valence-corrected chi connectivity index (χ4v) is 4.44. The lowest BCUT2D eigenvalue weighted by atomic mass is 9.85. The van der Waals surface area contributed by atoms with E-state index >= 15 is 0 Å². The number of Topliss-reactive ketones (excluding diaryl/α,β-unsaturated/α-hetero) is 1. The zero-order valence-corrected chi connectivity index (χ0v) is 21.8. The van der Waals surface area contributed by atoms with Gasteiger partial charge in [-0.05, 0) is 72.7 Å². The molecule has 2 aromatic rings. The van der Waals surface area contributed by atoms with E-state index in [0.717, 1.165) is 25.3 Å². The van der Waals surface area contributed by atoms with Crippen LogP contribution >= 0.6 is 0 Å². The second-order valence-corrected chi connectivity index (χ2v) is 9.64. The van der Waals surface area contributed by atoms with Gasteiger partial charge in [-0.1, -0.05) is 37.1 Å². The van der Waals surface area contributed by atoms with Gasteiger partial charge in [0, 0.05) is 31.0 Å². The molecule has 0 radical (unpaired) electrons. The van der Waals surface area contributed by atoms with E-state index < -0.39 is 29.3 Å². The number of allylic oxidation sites excluding steroid dienone is 2. The van der Waals surface area contributed by atoms with Crippen molar-refractivity contribution in [2.75, 3.05) is 7.05 Å². The van der Waals surface area contributed by atoms with Crippen LogP contribution < -0.4 is 5.32 Å². The quantitative estimate of drug-likeness (QED) is 0.183. The first-order valence-corrected chi connectivity index (χ1v) is 12.9. The lowest BCUT2D eigenvalue weighted by molar-refractivity contribution is -0.143. The summed E-state index contributed by atoms with van der Waals surface area (Å²) in [5.41, 5.74) is -1.40. The molecule has 0 atom stereocenters. The van der Waals surface area contributed by atoms with Crippen LogP contribution in [0, 0.1) is 0 Å². The number of fused-ring (bicyclic) bond motifs is 1. The number of ketones is 2. The van der Waals surface area contributed by atoms with Gasteiger partial charge in [0.2, 0.25) is 5.91 Å². The fraction of sp³-hybridized carbons (Fsp3) is 0.367. The number of amides is 1. The zero-order chi connectivity index (χ0) is 29.5. The summed E-state index contributed by atoms with van der Waals surface area (Å²) in [5, 5.41) is 2.56. The minimum atomic E-state index is -4.98. The van der Waals surface area contributed by atoms with Crippen molar-refractivity contribution in [2.45, 2.75) is 63.7 Å². The summed E-state index contributed by atoms with van der Waals surface area (Å²) in [5.74, 6) is -0.520. The van der Waals surface area contributed by atoms with E-state index in [9.17, 15) is 40.7 Å². The minimum absolute atomic E-state index is 0.00625. The number of aryl methyl sites for hydroxylation is 1. The Labute approximate surface area is 228 Å². The summed E-state index contributed by atoms with van der Waals surface area (Å²) in [6, 6.07) is 6.18. The molecule has 0 unspecified atom stereocenters. The van der Waals surface area contributed by atoms with Crippen molar-refractivity contribution in [3.05, 3.63) is 81.4 Å². The van der Waals surface area contributed by atoms with Crippen LogP contribution in [0.1, 0.15) is 83.1 Å². The first kappa shape index (κ1) is 30.8. The van der Waals surface area contributed by atoms with E-state index in [1.54, 1.807) is 31.3 Å². The van der Waals surface area contributed by atoms with Gasteiger partial charge < -0.3 is 5.32 Å². The summed E-state index contributed by atoms with van der Waals surface area (Å²) in [6.45, 7) is 0. The average Bonchev–Trinajstić information content (AvgIpc) is 2.89. The van der Waals surface area contributed by atoms with Gasteiger partial charge in [0.05, 0.1) is 11.1 Å². The highest BCUT2D eigenvalue weighted by Crippen LogP contribution is 2.37. The molecule has 0 saturated heterocycles. The Morgan fingerprint density at radius 1 is 0.825 bits per heavy atom. The van der Waals surface area contributed by atoms with Crippen molar-refractivity contribution >= 4 is 29.6 Å². The van der Waals surface area contributed by atoms with Gasteiger partial charge in [-0.3, -0.25) is 14.4 Å². The normalized spacial score (nSPS) is 15.0. The van der Waals surface area contributed by atoms with E-state index in [1.165, 1.54) is 6.08 Å². The van der Waals surface area contributed by atoms with Crippen LogP contribution in [0.5, 0.6) is 0 Å². The lowest BCUT2D eigenvalue weighted by Gasteiger charge is -2.19. The Hall–Kier alpha value is -3.69. The topological polar surface area (TPSA) is 63.2 Å². The third kappa shape index (κ3) is 8.66. The molecule has 0 spiro atoms. The van der Waals surface area contributed by atoms with Gasteiger partial charge in [-0.15, -0.1) is 0 Å². The number of alkyl halides is 6. The standard InChI is InChI=1S/C30H29F6NO3/c1-37-27(39)7-5-3-2-4-6-25(38)12-8-19-9-13-26-21(14-19)10-11-22(28(26)40)15-20-16-23(29(31,32)33)18-24(17-20)30(34,35)36/h8-9,12-18H,2-7,10-11H2,1H3,(H,37,39)/b12-8+,22-15+. The molecule has 0 bridgehead atoms. The minimum Gasteiger partial charge on any atom is -0.359 e. The lowest BCUT2D eigenvalue weighted by Crippen LogP contribution is -2.16. The van der Waals surface area contributed by atoms with Crippen LogP contribution in [0.4, 0.5) is 26.3 Å². The molecule has 214 valence electrons. The van der Waals surface area contributed by atoms with Crippen molar-refractivity contribution in [3.8, 4) is 0 Å². The third-order valence-corrected chi connectivity index (χ3v) is 6.60. The highest BCUT2D eigenvalue weighted by Gasteiger charge is 2.37. The van der Waals surface area contributed by atoms with Gasteiger partial charge in [0.25, 0.3) is 0 Å². The summed E-state index contributed by atoms with van der Waals surface area (Å²) < 4.78 is 79.1. The first-order chi connectivity index (χ1) is 18.8. The highest BCUT2D eigenvalue weighted by molar-refractivity contribution is 6.13. The summed E-state index contributed by atoms with van der Waals surface area (Å²) >= 11 is 0. The number of unbranched alkanes of at least 4 members (excludes halogenated alkanes) is 3. The molecule has 0 aromatic heterocycles. The number of nitrogens with one attached hydrogen (secondary N) is 1. The number of halogens is 6. The predicted molar refractivity (Wildman–Crippen MR) is 139 cm³/mol. The van der Waals surface area contributed by atoms with Gasteiger partial charge in [0.1, 0.15) is 0 Å². The first-order valence-electron chi connectivity index (χ1n) is 12.9. The third-order valence-electron chi connectivity index (χ3n) is 6.60. The van der Waals surface area contributed by atoms with E-state index in [0.29, 0.717) is 54.5 Å². The van der Waals surface area contributed by atoms with Crippen molar-refractivity contribution in [1.29, 1.82) is 0 Å². The van der Waals surface area contributed by atoms with Crippen LogP contribution in [0.15, 0.2) is 48.0 Å². The van der Waals surface area contributed by atoms with Crippen molar-refractivity contribution < 1.29 is 40.7 Å². The number of carbonyl (C=O) groups is 3. The SMILES string of the molecule is CNC(=O)CCCCCCC(=O)/C=C/c1ccc2c(c1)CC/C(=C\c1cc(C(F)(F)F)cc(C(F)(F)F)c1)C2=O. The Morgan fingerprint density at radius 2 is 1.45 bits per heavy atom. The second kappa shape index (κ2) is 13.1. The number of rotatable bonds is 10. The molecule has 1 N–H and O–H groups in total. The molecular formula is C30H29F6NO3. The molecule has 0 heterocycles. The van der Waals surface area contributed by atoms with Gasteiger partial charge >= 0.3 is 12.4 Å². The smallest absolute Gasteiger partial charge is 0.359 e. The summed E-state index contributed by atoms with van der Waals surface area (Å²) in [6.07, 6.45) is -1.23. The maximum Gasteiger partial charge on any atom is 0.416 e. The van der Waals surface area contributed by atoms with E-state index in [-0.39, 0.29) is 35.3 Å². The number of benzene rings is 2. The Balaban J connectivity index is 1.66. The zero-order valence-electron chi connectivity index (χ0n) is 21.8. The van der Waals surface area contributed by atoms with Crippen molar-refractivity contribution in [3.63, 3.8) is 0 Å². The average molecular weight is 566 g/mol. The van der Waals surface area contributed by atoms with Crippen LogP contribution in [0.3, 0.4) is 0 Å². The van der Waals surface area contributed by atoms with Crippen molar-refractivity contribution in [1.82, 2.24) is 5.32 Å². The molecule has 1 aliphatic rings. The van der Waals surface area contributed by atoms with E-state index in [1.807, 2.05) is 0 Å². The van der Waals surface area contributed by atoms with Crippen LogP contribution in [-0.2, 0) is 28.4 Å². The van der Waals surface area contributed by atoms with Gasteiger partial charge in [-0.25, -0.2) is 0 Å². The molecule has 2 aromatic carbocycles. The van der Waals surface area contributed by atoms with Crippen LogP contribution in [-0.4, -0.2) is 24.5 Å². The number of hydrogen-bond acceptors (Lipinski definition) is 3. The van der Waals surface area contributed by atoms with Crippen LogP contribution in [0.25, 0.3) is 12.2 Å². The van der Waals surface area contributed by atoms with Crippen LogP contribution in [0.2, 0.25) is 0 Å². The largest absolute Gasteiger partial charge is 0.416 e. The number of carbonyl (C=O) groups excluding carboxylic acids is 3. The Morgan fingerprint density at radius 3 is 2.05 bits per heavy atom. The highest BCUT2D eigenvalue weighted by atomic mass is 19.4. The summed E-state index contributed by atoms with van der Waals surface area (Å²) in [7, 11) is 1.59. The van der Waals surface area contributed by atoms with Gasteiger partial charge in [-0.2, -0.15) is 26.3 Å². The summed E-state index contributed by atoms with van der Waals surface area (Å²) in [4.78, 5) is 36.4. The molecule has 1 amide bonds. The van der Waals surface area contributed by atoms with Gasteiger partial charge in [0.15, 0.2) is 11.6 Å². The molecule has 0 aliphatic heterocycles. The maximum atomic E-state index is 13.2. The van der Waals surface area contributed by atoms with Crippen molar-refractivity contribution in [2.24, 2.45) is 0 Å². The molecule has 10 heteroatoms. The van der Waals surface area contributed by atoms with E-state index in [4.69, 9.17) is 0 Å². The molecule has 0 saturated carbocycles. The number of hydrogen-bond donors (Lipinski definition) is 1. The Kier molecular flexibility index (Phi) is 10.1. The Bertz CT molecular complexity index is 1290. The maximum absolute atomic E-state index is 13.2. The molecule has 0 fully saturated rings. The fourth-order valence-electron chi connectivity index (χ4n) is 4.44. The predicted octanol–water partition coefficient (Wildman–Crippen LogP) is 7.61. The molecular weight excluding hydrogens is 536 g/mol.